The SMILES string of the molecule is CC(C)OC(=O)[C@H](C)NP(=O)(CO[C@H](C)Cn1cnc2c(N)ncnc21)ON=C1CCCC1. The van der Waals surface area contributed by atoms with E-state index in [9.17, 15) is 9.36 Å². The Morgan fingerprint density at radius 2 is 1.97 bits per heavy atom. The van der Waals surface area contributed by atoms with Crippen molar-refractivity contribution >= 4 is 36.2 Å². The molecule has 1 aliphatic carbocycles. The maximum absolute atomic E-state index is 13.5. The van der Waals surface area contributed by atoms with Gasteiger partial charge in [-0.25, -0.2) is 20.0 Å². The van der Waals surface area contributed by atoms with Gasteiger partial charge in [-0.1, -0.05) is 5.16 Å². The first kappa shape index (κ1) is 25.1. The minimum Gasteiger partial charge on any atom is -0.462 e. The number of nitrogen functional groups attached to an aromatic ring is 1. The summed E-state index contributed by atoms with van der Waals surface area (Å²) in [4.78, 5) is 24.6. The van der Waals surface area contributed by atoms with Gasteiger partial charge in [0.1, 0.15) is 24.2 Å². The zero-order valence-corrected chi connectivity index (χ0v) is 20.3. The highest BCUT2D eigenvalue weighted by Crippen LogP contribution is 2.44. The van der Waals surface area contributed by atoms with Crippen LogP contribution in [0.15, 0.2) is 17.8 Å². The molecule has 3 rings (SSSR count). The number of carbonyl (C=O) groups excluding carboxylic acids is 1. The highest BCUT2D eigenvalue weighted by Gasteiger charge is 2.32. The summed E-state index contributed by atoms with van der Waals surface area (Å²) in [5.74, 6) is -0.236. The molecule has 0 aromatic carbocycles. The molecule has 0 radical (unpaired) electrons. The molecule has 12 nitrogen and oxygen atoms in total. The van der Waals surface area contributed by atoms with Crippen LogP contribution in [0.3, 0.4) is 0 Å². The topological polar surface area (TPSA) is 156 Å². The lowest BCUT2D eigenvalue weighted by Gasteiger charge is -2.23. The summed E-state index contributed by atoms with van der Waals surface area (Å²) in [7, 11) is -3.66. The summed E-state index contributed by atoms with van der Waals surface area (Å²) >= 11 is 0. The molecule has 0 bridgehead atoms. The molecule has 0 aliphatic heterocycles. The number of nitrogens with zero attached hydrogens (tertiary/aromatic N) is 5. The number of ether oxygens (including phenoxy) is 2. The van der Waals surface area contributed by atoms with Crippen LogP contribution in [0.2, 0.25) is 0 Å². The number of nitrogens with two attached hydrogens (primary N) is 1. The minimum atomic E-state index is -3.66. The largest absolute Gasteiger partial charge is 0.462 e. The van der Waals surface area contributed by atoms with E-state index in [0.29, 0.717) is 23.5 Å². The number of nitrogens with one attached hydrogen (secondary N) is 1. The Morgan fingerprint density at radius 3 is 2.67 bits per heavy atom. The molecule has 3 atom stereocenters. The van der Waals surface area contributed by atoms with Crippen LogP contribution in [0.4, 0.5) is 5.82 Å². The molecular formula is C20H32N7O5P. The summed E-state index contributed by atoms with van der Waals surface area (Å²) in [5, 5.41) is 6.83. The van der Waals surface area contributed by atoms with Gasteiger partial charge in [0.2, 0.25) is 0 Å². The van der Waals surface area contributed by atoms with Crippen molar-refractivity contribution in [1.29, 1.82) is 0 Å². The summed E-state index contributed by atoms with van der Waals surface area (Å²) in [5.41, 5.74) is 7.77. The van der Waals surface area contributed by atoms with Gasteiger partial charge in [0, 0.05) is 0 Å². The van der Waals surface area contributed by atoms with Crippen LogP contribution in [0, 0.1) is 0 Å². The van der Waals surface area contributed by atoms with Crippen LogP contribution < -0.4 is 10.8 Å². The number of rotatable bonds is 11. The van der Waals surface area contributed by atoms with Crippen LogP contribution in [0.5, 0.6) is 0 Å². The summed E-state index contributed by atoms with van der Waals surface area (Å²) in [6.45, 7) is 7.26. The lowest BCUT2D eigenvalue weighted by molar-refractivity contribution is -0.149. The van der Waals surface area contributed by atoms with Gasteiger partial charge in [-0.05, 0) is 53.4 Å². The predicted octanol–water partition coefficient (Wildman–Crippen LogP) is 2.84. The molecule has 182 valence electrons. The van der Waals surface area contributed by atoms with E-state index in [-0.39, 0.29) is 18.6 Å². The minimum absolute atomic E-state index is 0.284. The molecule has 2 aromatic heterocycles. The molecular weight excluding hydrogens is 449 g/mol. The van der Waals surface area contributed by atoms with Crippen LogP contribution in [0.25, 0.3) is 11.2 Å². The van der Waals surface area contributed by atoms with Crippen molar-refractivity contribution < 1.29 is 23.5 Å². The summed E-state index contributed by atoms with van der Waals surface area (Å²) in [6.07, 6.45) is 5.67. The summed E-state index contributed by atoms with van der Waals surface area (Å²) in [6, 6.07) is -0.863. The first-order chi connectivity index (χ1) is 15.7. The average Bonchev–Trinajstić information content (AvgIpc) is 3.42. The first-order valence-corrected chi connectivity index (χ1v) is 12.8. The van der Waals surface area contributed by atoms with E-state index in [4.69, 9.17) is 19.8 Å². The normalized spacial score (nSPS) is 17.7. The quantitative estimate of drug-likeness (QED) is 0.278. The zero-order valence-electron chi connectivity index (χ0n) is 19.4. The number of esters is 1. The van der Waals surface area contributed by atoms with Crippen molar-refractivity contribution in [3.05, 3.63) is 12.7 Å². The van der Waals surface area contributed by atoms with Crippen LogP contribution in [-0.2, 0) is 30.0 Å². The van der Waals surface area contributed by atoms with Gasteiger partial charge in [-0.3, -0.25) is 9.36 Å². The number of carbonyl (C=O) groups is 1. The molecule has 3 N–H and O–H groups in total. The molecule has 1 saturated carbocycles. The molecule has 2 heterocycles. The van der Waals surface area contributed by atoms with Gasteiger partial charge in [0.05, 0.1) is 30.8 Å². The summed E-state index contributed by atoms with van der Waals surface area (Å²) < 4.78 is 31.8. The third kappa shape index (κ3) is 6.96. The maximum atomic E-state index is 13.5. The maximum Gasteiger partial charge on any atom is 0.364 e. The number of anilines is 1. The molecule has 0 saturated heterocycles. The monoisotopic (exact) mass is 481 g/mol. The van der Waals surface area contributed by atoms with Crippen LogP contribution in [0.1, 0.15) is 53.4 Å². The van der Waals surface area contributed by atoms with E-state index >= 15 is 0 Å². The molecule has 33 heavy (non-hydrogen) atoms. The lowest BCUT2D eigenvalue weighted by atomic mass is 10.3. The van der Waals surface area contributed by atoms with Gasteiger partial charge in [-0.15, -0.1) is 0 Å². The molecule has 1 fully saturated rings. The third-order valence-electron chi connectivity index (χ3n) is 4.99. The fourth-order valence-electron chi connectivity index (χ4n) is 3.35. The van der Waals surface area contributed by atoms with Gasteiger partial charge in [0.25, 0.3) is 0 Å². The van der Waals surface area contributed by atoms with Crippen molar-refractivity contribution in [2.45, 2.75) is 78.2 Å². The number of hydrogen-bond acceptors (Lipinski definition) is 10. The molecule has 1 unspecified atom stereocenters. The Labute approximate surface area is 192 Å². The molecule has 13 heteroatoms. The van der Waals surface area contributed by atoms with Gasteiger partial charge in [0.15, 0.2) is 11.5 Å². The average molecular weight is 481 g/mol. The Balaban J connectivity index is 1.66. The molecule has 1 aliphatic rings. The second-order valence-corrected chi connectivity index (χ2v) is 10.4. The number of imidazole rings is 1. The predicted molar refractivity (Wildman–Crippen MR) is 124 cm³/mol. The number of oxime groups is 1. The highest BCUT2D eigenvalue weighted by molar-refractivity contribution is 7.56. The lowest BCUT2D eigenvalue weighted by Crippen LogP contribution is -2.36. The Bertz CT molecular complexity index is 1030. The van der Waals surface area contributed by atoms with Crippen molar-refractivity contribution in [3.63, 3.8) is 0 Å². The van der Waals surface area contributed by atoms with Gasteiger partial charge in [-0.2, -0.15) is 0 Å². The van der Waals surface area contributed by atoms with E-state index in [1.165, 1.54) is 6.33 Å². The number of aromatic nitrogens is 4. The molecule has 0 spiro atoms. The van der Waals surface area contributed by atoms with Gasteiger partial charge < -0.3 is 24.4 Å². The fourth-order valence-corrected chi connectivity index (χ4v) is 4.91. The number of hydrogen-bond donors (Lipinski definition) is 2. The molecule has 0 amide bonds. The van der Waals surface area contributed by atoms with Gasteiger partial charge >= 0.3 is 13.5 Å². The second kappa shape index (κ2) is 11.0. The van der Waals surface area contributed by atoms with E-state index in [0.717, 1.165) is 31.4 Å². The fraction of sp³-hybridized carbons (Fsp3) is 0.650. The molecule has 2 aromatic rings. The smallest absolute Gasteiger partial charge is 0.364 e. The van der Waals surface area contributed by atoms with E-state index < -0.39 is 19.5 Å². The first-order valence-electron chi connectivity index (χ1n) is 11.0. The Kier molecular flexibility index (Phi) is 8.39. The van der Waals surface area contributed by atoms with E-state index in [1.54, 1.807) is 31.7 Å². The van der Waals surface area contributed by atoms with E-state index in [2.05, 4.69) is 25.2 Å². The Hall–Kier alpha value is -2.56. The van der Waals surface area contributed by atoms with Crippen molar-refractivity contribution in [2.24, 2.45) is 5.16 Å². The van der Waals surface area contributed by atoms with Crippen LogP contribution in [-0.4, -0.2) is 55.8 Å². The van der Waals surface area contributed by atoms with Crippen molar-refractivity contribution in [2.75, 3.05) is 12.1 Å². The van der Waals surface area contributed by atoms with Crippen molar-refractivity contribution in [3.8, 4) is 0 Å². The number of fused-ring (bicyclic) bond motifs is 1. The Morgan fingerprint density at radius 1 is 1.24 bits per heavy atom. The van der Waals surface area contributed by atoms with Crippen LogP contribution >= 0.6 is 7.52 Å². The second-order valence-electron chi connectivity index (χ2n) is 8.39. The zero-order chi connectivity index (χ0) is 24.0. The van der Waals surface area contributed by atoms with Crippen molar-refractivity contribution in [1.82, 2.24) is 24.6 Å². The van der Waals surface area contributed by atoms with E-state index in [1.807, 2.05) is 6.92 Å². The highest BCUT2D eigenvalue weighted by atomic mass is 31.2. The standard InChI is InChI=1S/C20H32N7O5P/c1-13(2)31-20(28)15(4)26-33(29,32-25-16-7-5-6-8-16)12-30-14(3)9-27-11-24-17-18(21)22-10-23-19(17)27/h10-11,13-15H,5-9,12H2,1-4H3,(H,26,29)(H2,21,22,23)/t14-,15+,33?/m1/s1. The third-order valence-corrected chi connectivity index (χ3v) is 6.61.